The summed E-state index contributed by atoms with van der Waals surface area (Å²) in [6.07, 6.45) is 3.05. The summed E-state index contributed by atoms with van der Waals surface area (Å²) in [5.41, 5.74) is -1.15. The van der Waals surface area contributed by atoms with Gasteiger partial charge in [-0.1, -0.05) is 83.3 Å². The number of carbonyl (C=O) groups excluding carboxylic acids is 2. The third kappa shape index (κ3) is 6.87. The fourth-order valence-electron chi connectivity index (χ4n) is 5.45. The van der Waals surface area contributed by atoms with Crippen molar-refractivity contribution in [1.82, 2.24) is 20.4 Å². The molecule has 4 heterocycles. The number of anilines is 2. The average molecular weight is 665 g/mol. The molecule has 2 saturated heterocycles. The molecule has 2 aromatic heterocycles. The molecule has 2 amide bonds. The van der Waals surface area contributed by atoms with Gasteiger partial charge in [-0.05, 0) is 51.7 Å². The normalized spacial score (nSPS) is 23.3. The fourth-order valence-corrected chi connectivity index (χ4v) is 7.01. The van der Waals surface area contributed by atoms with Crippen LogP contribution in [0.4, 0.5) is 10.3 Å². The highest BCUT2D eigenvalue weighted by atomic mass is 32.1. The Kier molecular flexibility index (Phi) is 9.02. The zero-order valence-corrected chi connectivity index (χ0v) is 27.7. The number of hydrogen-bond donors (Lipinski definition) is 2. The van der Waals surface area contributed by atoms with Crippen LogP contribution in [-0.4, -0.2) is 57.0 Å². The van der Waals surface area contributed by atoms with E-state index >= 15 is 0 Å². The SMILES string of the molecule is CC1(C)OCC(C(=O)Nc2nnc(CCCCc3nnc(NC(=O)C4(c5ccccc5)COC(C)(C)O4)s3)s2)(c2ccccc2)O1. The van der Waals surface area contributed by atoms with Gasteiger partial charge in [0.05, 0.1) is 13.2 Å². The zero-order chi connectivity index (χ0) is 32.4. The first-order valence-electron chi connectivity index (χ1n) is 15.1. The molecule has 2 fully saturated rings. The van der Waals surface area contributed by atoms with Crippen LogP contribution in [0.25, 0.3) is 0 Å². The quantitative estimate of drug-likeness (QED) is 0.205. The molecule has 2 N–H and O–H groups in total. The first-order chi connectivity index (χ1) is 22.0. The van der Waals surface area contributed by atoms with Gasteiger partial charge in [0.2, 0.25) is 10.3 Å². The molecule has 14 heteroatoms. The number of nitrogens with zero attached hydrogens (tertiary/aromatic N) is 4. The number of hydrogen-bond acceptors (Lipinski definition) is 12. The lowest BCUT2D eigenvalue weighted by Crippen LogP contribution is -2.43. The Morgan fingerprint density at radius 3 is 1.39 bits per heavy atom. The molecular weight excluding hydrogens is 629 g/mol. The first-order valence-corrected chi connectivity index (χ1v) is 16.7. The number of nitrogens with one attached hydrogen (secondary N) is 2. The van der Waals surface area contributed by atoms with Gasteiger partial charge in [-0.2, -0.15) is 0 Å². The molecule has 2 unspecified atom stereocenters. The number of amides is 2. The van der Waals surface area contributed by atoms with Gasteiger partial charge in [-0.3, -0.25) is 20.2 Å². The van der Waals surface area contributed by atoms with E-state index in [-0.39, 0.29) is 25.0 Å². The van der Waals surface area contributed by atoms with Gasteiger partial charge in [-0.25, -0.2) is 0 Å². The summed E-state index contributed by atoms with van der Waals surface area (Å²) in [7, 11) is 0. The Balaban J connectivity index is 1.00. The van der Waals surface area contributed by atoms with Crippen LogP contribution in [0.1, 0.15) is 61.7 Å². The maximum Gasteiger partial charge on any atom is 0.265 e. The number of benzene rings is 2. The summed E-state index contributed by atoms with van der Waals surface area (Å²) < 4.78 is 23.9. The van der Waals surface area contributed by atoms with Crippen LogP contribution in [0.2, 0.25) is 0 Å². The summed E-state index contributed by atoms with van der Waals surface area (Å²) >= 11 is 2.67. The van der Waals surface area contributed by atoms with Crippen molar-refractivity contribution in [3.63, 3.8) is 0 Å². The average Bonchev–Trinajstić information content (AvgIpc) is 3.83. The van der Waals surface area contributed by atoms with Gasteiger partial charge in [0.15, 0.2) is 22.8 Å². The minimum atomic E-state index is -1.28. The molecule has 2 atom stereocenters. The van der Waals surface area contributed by atoms with Crippen molar-refractivity contribution >= 4 is 44.8 Å². The lowest BCUT2D eigenvalue weighted by atomic mass is 9.93. The molecule has 0 radical (unpaired) electrons. The number of carbonyl (C=O) groups is 2. The summed E-state index contributed by atoms with van der Waals surface area (Å²) in [5.74, 6) is -2.51. The van der Waals surface area contributed by atoms with Crippen molar-refractivity contribution in [1.29, 1.82) is 0 Å². The lowest BCUT2D eigenvalue weighted by Gasteiger charge is -2.28. The van der Waals surface area contributed by atoms with Crippen LogP contribution in [0.5, 0.6) is 0 Å². The van der Waals surface area contributed by atoms with Gasteiger partial charge in [0, 0.05) is 12.8 Å². The van der Waals surface area contributed by atoms with Crippen molar-refractivity contribution in [3.8, 4) is 0 Å². The molecule has 0 bridgehead atoms. The molecule has 2 aromatic carbocycles. The molecule has 46 heavy (non-hydrogen) atoms. The van der Waals surface area contributed by atoms with E-state index in [9.17, 15) is 9.59 Å². The lowest BCUT2D eigenvalue weighted by molar-refractivity contribution is -0.172. The Morgan fingerprint density at radius 1 is 0.652 bits per heavy atom. The second-order valence-electron chi connectivity index (χ2n) is 12.1. The Bertz CT molecular complexity index is 1560. The molecular formula is C32H36N6O6S2. The summed E-state index contributed by atoms with van der Waals surface area (Å²) in [6.45, 7) is 7.33. The van der Waals surface area contributed by atoms with E-state index in [1.807, 2.05) is 60.7 Å². The van der Waals surface area contributed by atoms with E-state index in [0.29, 0.717) is 34.2 Å². The Labute approximate surface area is 274 Å². The second-order valence-corrected chi connectivity index (χ2v) is 14.2. The number of aryl methyl sites for hydroxylation is 2. The highest BCUT2D eigenvalue weighted by molar-refractivity contribution is 7.15. The summed E-state index contributed by atoms with van der Waals surface area (Å²) in [6, 6.07) is 18.6. The molecule has 2 aliphatic heterocycles. The largest absolute Gasteiger partial charge is 0.347 e. The molecule has 2 aliphatic rings. The van der Waals surface area contributed by atoms with E-state index in [1.54, 1.807) is 27.7 Å². The predicted molar refractivity (Wildman–Crippen MR) is 172 cm³/mol. The molecule has 4 aromatic rings. The van der Waals surface area contributed by atoms with Gasteiger partial charge in [0.25, 0.3) is 11.8 Å². The molecule has 242 valence electrons. The third-order valence-electron chi connectivity index (χ3n) is 7.71. The van der Waals surface area contributed by atoms with Crippen LogP contribution in [0.15, 0.2) is 60.7 Å². The number of ether oxygens (including phenoxy) is 4. The minimum absolute atomic E-state index is 0.0901. The van der Waals surface area contributed by atoms with Crippen LogP contribution in [0, 0.1) is 0 Å². The van der Waals surface area contributed by atoms with Crippen molar-refractivity contribution < 1.29 is 28.5 Å². The van der Waals surface area contributed by atoms with E-state index in [1.165, 1.54) is 22.7 Å². The van der Waals surface area contributed by atoms with Crippen molar-refractivity contribution in [2.75, 3.05) is 23.8 Å². The summed E-state index contributed by atoms with van der Waals surface area (Å²) in [4.78, 5) is 27.0. The van der Waals surface area contributed by atoms with Gasteiger partial charge in [0.1, 0.15) is 10.0 Å². The highest BCUT2D eigenvalue weighted by Crippen LogP contribution is 2.41. The van der Waals surface area contributed by atoms with Crippen LogP contribution in [0.3, 0.4) is 0 Å². The van der Waals surface area contributed by atoms with E-state index < -0.39 is 22.8 Å². The molecule has 6 rings (SSSR count). The minimum Gasteiger partial charge on any atom is -0.347 e. The standard InChI is InChI=1S/C32H36N6O6S2/c1-29(2)41-19-31(43-29,21-13-7-5-8-14-21)25(39)33-27-37-35-23(45-27)17-11-12-18-24-36-38-28(46-24)34-26(40)32(20-42-30(3,4)44-32)22-15-9-6-10-16-22/h5-10,13-16H,11-12,17-20H2,1-4H3,(H,33,37,39)(H,34,38,40). The fraction of sp³-hybridized carbons (Fsp3) is 0.438. The third-order valence-corrected chi connectivity index (χ3v) is 9.50. The van der Waals surface area contributed by atoms with Crippen molar-refractivity contribution in [2.24, 2.45) is 0 Å². The Morgan fingerprint density at radius 2 is 1.04 bits per heavy atom. The van der Waals surface area contributed by atoms with Crippen molar-refractivity contribution in [2.45, 2.75) is 76.2 Å². The summed E-state index contributed by atoms with van der Waals surface area (Å²) in [5, 5.41) is 25.1. The van der Waals surface area contributed by atoms with Crippen LogP contribution in [-0.2, 0) is 52.6 Å². The topological polar surface area (TPSA) is 147 Å². The second kappa shape index (κ2) is 12.9. The van der Waals surface area contributed by atoms with Crippen molar-refractivity contribution in [3.05, 3.63) is 81.8 Å². The predicted octanol–water partition coefficient (Wildman–Crippen LogP) is 5.19. The first kappa shape index (κ1) is 32.3. The monoisotopic (exact) mass is 664 g/mol. The Hall–Kier alpha value is -3.66. The molecule has 12 nitrogen and oxygen atoms in total. The molecule has 0 aliphatic carbocycles. The highest BCUT2D eigenvalue weighted by Gasteiger charge is 2.53. The smallest absolute Gasteiger partial charge is 0.265 e. The number of aromatic nitrogens is 4. The molecule has 0 saturated carbocycles. The van der Waals surface area contributed by atoms with Gasteiger partial charge >= 0.3 is 0 Å². The van der Waals surface area contributed by atoms with E-state index in [2.05, 4.69) is 31.0 Å². The van der Waals surface area contributed by atoms with Crippen LogP contribution < -0.4 is 10.6 Å². The van der Waals surface area contributed by atoms with E-state index in [0.717, 1.165) is 22.9 Å². The molecule has 0 spiro atoms. The van der Waals surface area contributed by atoms with E-state index in [4.69, 9.17) is 18.9 Å². The van der Waals surface area contributed by atoms with Gasteiger partial charge in [-0.15, -0.1) is 20.4 Å². The maximum atomic E-state index is 13.5. The zero-order valence-electron chi connectivity index (χ0n) is 26.1. The van der Waals surface area contributed by atoms with Gasteiger partial charge < -0.3 is 18.9 Å². The number of rotatable bonds is 11. The van der Waals surface area contributed by atoms with Crippen LogP contribution >= 0.6 is 22.7 Å². The number of unbranched alkanes of at least 4 members (excludes halogenated alkanes) is 1. The maximum absolute atomic E-state index is 13.5.